The number of hydrogen-bond acceptors (Lipinski definition) is 6. The van der Waals surface area contributed by atoms with Crippen LogP contribution in [0.4, 0.5) is 5.00 Å². The van der Waals surface area contributed by atoms with Gasteiger partial charge in [-0.1, -0.05) is 18.7 Å². The minimum atomic E-state index is -0.374. The van der Waals surface area contributed by atoms with Crippen LogP contribution in [0.1, 0.15) is 40.6 Å². The van der Waals surface area contributed by atoms with Crippen LogP contribution in [0.3, 0.4) is 0 Å². The smallest absolute Gasteiger partial charge is 0.341 e. The summed E-state index contributed by atoms with van der Waals surface area (Å²) in [5.41, 5.74) is 1.57. The van der Waals surface area contributed by atoms with Crippen molar-refractivity contribution in [3.63, 3.8) is 0 Å². The quantitative estimate of drug-likeness (QED) is 0.590. The van der Waals surface area contributed by atoms with Crippen LogP contribution in [0, 0.1) is 0 Å². The van der Waals surface area contributed by atoms with Crippen LogP contribution in [0.5, 0.6) is 0 Å². The normalized spacial score (nSPS) is 12.9. The Morgan fingerprint density at radius 2 is 2.28 bits per heavy atom. The number of rotatable bonds is 7. The molecule has 0 atom stereocenters. The van der Waals surface area contributed by atoms with E-state index in [1.807, 2.05) is 10.8 Å². The van der Waals surface area contributed by atoms with Crippen molar-refractivity contribution in [2.45, 2.75) is 44.3 Å². The van der Waals surface area contributed by atoms with Gasteiger partial charge in [-0.05, 0) is 31.2 Å². The summed E-state index contributed by atoms with van der Waals surface area (Å²) in [7, 11) is 1.37. The summed E-state index contributed by atoms with van der Waals surface area (Å²) in [6.45, 7) is 2.99. The first-order valence-electron chi connectivity index (χ1n) is 8.30. The molecule has 0 aliphatic heterocycles. The second-order valence-corrected chi connectivity index (χ2v) is 7.84. The number of hydrogen-bond donors (Lipinski definition) is 1. The molecule has 0 aromatic carbocycles. The minimum absolute atomic E-state index is 0.138. The van der Waals surface area contributed by atoms with E-state index in [0.717, 1.165) is 42.9 Å². The molecule has 6 nitrogen and oxygen atoms in total. The van der Waals surface area contributed by atoms with Crippen molar-refractivity contribution >= 4 is 40.0 Å². The molecule has 1 aliphatic rings. The molecule has 0 saturated carbocycles. The van der Waals surface area contributed by atoms with Crippen LogP contribution in [-0.2, 0) is 28.9 Å². The maximum Gasteiger partial charge on any atom is 0.341 e. The van der Waals surface area contributed by atoms with Gasteiger partial charge in [-0.3, -0.25) is 4.79 Å². The van der Waals surface area contributed by atoms with Gasteiger partial charge in [0.15, 0.2) is 5.16 Å². The van der Waals surface area contributed by atoms with Gasteiger partial charge >= 0.3 is 5.97 Å². The molecule has 1 amide bonds. The third-order valence-electron chi connectivity index (χ3n) is 4.04. The average Bonchev–Trinajstić information content (AvgIpc) is 3.29. The van der Waals surface area contributed by atoms with E-state index in [4.69, 9.17) is 4.74 Å². The predicted molar refractivity (Wildman–Crippen MR) is 99.6 cm³/mol. The third kappa shape index (κ3) is 3.90. The zero-order chi connectivity index (χ0) is 17.8. The SMILES string of the molecule is CCCn1ccnc1SCC(=O)Nc1sc2c(c1C(=O)OC)CCC2. The van der Waals surface area contributed by atoms with E-state index in [2.05, 4.69) is 17.2 Å². The molecule has 1 N–H and O–H groups in total. The maximum atomic E-state index is 12.4. The average molecular weight is 380 g/mol. The van der Waals surface area contributed by atoms with Gasteiger partial charge in [-0.2, -0.15) is 0 Å². The Kier molecular flexibility index (Phi) is 5.80. The number of methoxy groups -OCH3 is 1. The van der Waals surface area contributed by atoms with Crippen molar-refractivity contribution in [3.8, 4) is 0 Å². The summed E-state index contributed by atoms with van der Waals surface area (Å²) in [6, 6.07) is 0. The number of imidazole rings is 1. The van der Waals surface area contributed by atoms with Gasteiger partial charge in [0.05, 0.1) is 18.4 Å². The molecule has 8 heteroatoms. The number of ether oxygens (including phenoxy) is 1. The van der Waals surface area contributed by atoms with E-state index in [0.29, 0.717) is 10.6 Å². The van der Waals surface area contributed by atoms with Crippen molar-refractivity contribution < 1.29 is 14.3 Å². The summed E-state index contributed by atoms with van der Waals surface area (Å²) in [5.74, 6) is -0.258. The van der Waals surface area contributed by atoms with Crippen molar-refractivity contribution in [1.82, 2.24) is 9.55 Å². The zero-order valence-corrected chi connectivity index (χ0v) is 16.0. The topological polar surface area (TPSA) is 73.2 Å². The van der Waals surface area contributed by atoms with Gasteiger partial charge < -0.3 is 14.6 Å². The first-order valence-corrected chi connectivity index (χ1v) is 10.1. The first-order chi connectivity index (χ1) is 12.1. The van der Waals surface area contributed by atoms with Crippen molar-refractivity contribution in [3.05, 3.63) is 28.4 Å². The van der Waals surface area contributed by atoms with Crippen LogP contribution in [-0.4, -0.2) is 34.3 Å². The largest absolute Gasteiger partial charge is 0.465 e. The maximum absolute atomic E-state index is 12.4. The molecule has 134 valence electrons. The molecule has 0 bridgehead atoms. The highest BCUT2D eigenvalue weighted by molar-refractivity contribution is 7.99. The fraction of sp³-hybridized carbons (Fsp3) is 0.471. The molecule has 3 rings (SSSR count). The summed E-state index contributed by atoms with van der Waals surface area (Å²) in [6.07, 6.45) is 7.56. The van der Waals surface area contributed by atoms with Crippen LogP contribution in [0.25, 0.3) is 0 Å². The Balaban J connectivity index is 1.67. The van der Waals surface area contributed by atoms with Crippen LogP contribution in [0.15, 0.2) is 17.6 Å². The number of aromatic nitrogens is 2. The highest BCUT2D eigenvalue weighted by Gasteiger charge is 2.28. The Bertz CT molecular complexity index is 782. The molecular formula is C17H21N3O3S2. The van der Waals surface area contributed by atoms with E-state index >= 15 is 0 Å². The molecule has 1 aliphatic carbocycles. The molecule has 0 saturated heterocycles. The first kappa shape index (κ1) is 18.0. The zero-order valence-electron chi connectivity index (χ0n) is 14.3. The fourth-order valence-electron chi connectivity index (χ4n) is 2.95. The summed E-state index contributed by atoms with van der Waals surface area (Å²) < 4.78 is 6.94. The summed E-state index contributed by atoms with van der Waals surface area (Å²) in [5, 5.41) is 4.33. The highest BCUT2D eigenvalue weighted by Crippen LogP contribution is 2.39. The van der Waals surface area contributed by atoms with Gasteiger partial charge in [0.1, 0.15) is 5.00 Å². The molecular weight excluding hydrogens is 358 g/mol. The summed E-state index contributed by atoms with van der Waals surface area (Å²) >= 11 is 2.89. The molecule has 2 aromatic rings. The number of anilines is 1. The number of esters is 1. The Morgan fingerprint density at radius 3 is 3.04 bits per heavy atom. The van der Waals surface area contributed by atoms with E-state index in [1.165, 1.54) is 35.1 Å². The van der Waals surface area contributed by atoms with Gasteiger partial charge in [0.25, 0.3) is 0 Å². The summed E-state index contributed by atoms with van der Waals surface area (Å²) in [4.78, 5) is 29.9. The lowest BCUT2D eigenvalue weighted by atomic mass is 10.1. The Hall–Kier alpha value is -1.80. The van der Waals surface area contributed by atoms with E-state index in [1.54, 1.807) is 6.20 Å². The molecule has 2 aromatic heterocycles. The monoisotopic (exact) mass is 379 g/mol. The molecule has 0 fully saturated rings. The van der Waals surface area contributed by atoms with Crippen molar-refractivity contribution in [2.75, 3.05) is 18.2 Å². The lowest BCUT2D eigenvalue weighted by molar-refractivity contribution is -0.113. The molecule has 0 radical (unpaired) electrons. The van der Waals surface area contributed by atoms with E-state index < -0.39 is 0 Å². The number of fused-ring (bicyclic) bond motifs is 1. The molecule has 2 heterocycles. The predicted octanol–water partition coefficient (Wildman–Crippen LogP) is 3.36. The number of nitrogens with zero attached hydrogens (tertiary/aromatic N) is 2. The number of aryl methyl sites for hydroxylation is 2. The van der Waals surface area contributed by atoms with E-state index in [-0.39, 0.29) is 17.6 Å². The fourth-order valence-corrected chi connectivity index (χ4v) is 5.03. The van der Waals surface area contributed by atoms with Gasteiger partial charge in [-0.25, -0.2) is 9.78 Å². The van der Waals surface area contributed by atoms with E-state index in [9.17, 15) is 9.59 Å². The highest BCUT2D eigenvalue weighted by atomic mass is 32.2. The number of carbonyl (C=O) groups excluding carboxylic acids is 2. The number of amides is 1. The molecule has 25 heavy (non-hydrogen) atoms. The van der Waals surface area contributed by atoms with Gasteiger partial charge in [-0.15, -0.1) is 11.3 Å². The number of thiophene rings is 1. The molecule has 0 spiro atoms. The standard InChI is InChI=1S/C17H21N3O3S2/c1-3-8-20-9-7-18-17(20)24-10-13(21)19-15-14(16(22)23-2)11-5-4-6-12(11)25-15/h7,9H,3-6,8,10H2,1-2H3,(H,19,21). The van der Waals surface area contributed by atoms with Crippen LogP contribution < -0.4 is 5.32 Å². The lowest BCUT2D eigenvalue weighted by Crippen LogP contribution is -2.16. The van der Waals surface area contributed by atoms with Crippen molar-refractivity contribution in [2.24, 2.45) is 0 Å². The second-order valence-electron chi connectivity index (χ2n) is 5.79. The lowest BCUT2D eigenvalue weighted by Gasteiger charge is -2.08. The van der Waals surface area contributed by atoms with Gasteiger partial charge in [0.2, 0.25) is 5.91 Å². The van der Waals surface area contributed by atoms with Gasteiger partial charge in [0, 0.05) is 23.8 Å². The number of carbonyl (C=O) groups is 2. The van der Waals surface area contributed by atoms with Crippen LogP contribution in [0.2, 0.25) is 0 Å². The number of thioether (sulfide) groups is 1. The Morgan fingerprint density at radius 1 is 1.44 bits per heavy atom. The Labute approximate surface area is 155 Å². The van der Waals surface area contributed by atoms with Crippen LogP contribution >= 0.6 is 23.1 Å². The minimum Gasteiger partial charge on any atom is -0.465 e. The third-order valence-corrected chi connectivity index (χ3v) is 6.25. The second kappa shape index (κ2) is 8.05. The molecule has 0 unspecified atom stereocenters. The number of nitrogens with one attached hydrogen (secondary N) is 1. The van der Waals surface area contributed by atoms with Crippen molar-refractivity contribution in [1.29, 1.82) is 0 Å².